The van der Waals surface area contributed by atoms with Crippen LogP contribution in [0.25, 0.3) is 32.1 Å². The average molecular weight is 656 g/mol. The van der Waals surface area contributed by atoms with Gasteiger partial charge < -0.3 is 25.4 Å². The van der Waals surface area contributed by atoms with Gasteiger partial charge in [-0.2, -0.15) is 15.2 Å². The molecular weight excluding hydrogens is 627 g/mol. The van der Waals surface area contributed by atoms with Gasteiger partial charge in [0.15, 0.2) is 5.82 Å². The van der Waals surface area contributed by atoms with Crippen LogP contribution in [0.15, 0.2) is 12.1 Å². The fourth-order valence-electron chi connectivity index (χ4n) is 7.64. The van der Waals surface area contributed by atoms with Gasteiger partial charge in [-0.05, 0) is 44.0 Å². The molecule has 45 heavy (non-hydrogen) atoms. The number of aromatic nitrogens is 2. The number of benzene rings is 2. The molecule has 0 bridgehead atoms. The molecule has 8 rings (SSSR count). The van der Waals surface area contributed by atoms with E-state index >= 15 is 4.39 Å². The summed E-state index contributed by atoms with van der Waals surface area (Å²) in [7, 11) is 0. The Balaban J connectivity index is 1.35. The lowest BCUT2D eigenvalue weighted by atomic mass is 9.95. The van der Waals surface area contributed by atoms with E-state index in [1.165, 1.54) is 12.1 Å². The number of alkyl halides is 1. The van der Waals surface area contributed by atoms with Gasteiger partial charge in [0.05, 0.1) is 37.9 Å². The maximum atomic E-state index is 17.1. The Bertz CT molecular complexity index is 1920. The lowest BCUT2D eigenvalue weighted by Crippen LogP contribution is -2.43. The van der Waals surface area contributed by atoms with Gasteiger partial charge in [0, 0.05) is 37.0 Å². The van der Waals surface area contributed by atoms with E-state index in [1.54, 1.807) is 0 Å². The normalized spacial score (nSPS) is 24.6. The van der Waals surface area contributed by atoms with Crippen LogP contribution in [0.2, 0.25) is 5.02 Å². The Labute approximate surface area is 265 Å². The summed E-state index contributed by atoms with van der Waals surface area (Å²) in [5.41, 5.74) is 6.35. The quantitative estimate of drug-likeness (QED) is 0.298. The number of anilines is 2. The number of nitrogens with zero attached hydrogens (tertiary/aromatic N) is 5. The third-order valence-electron chi connectivity index (χ3n) is 9.70. The predicted molar refractivity (Wildman–Crippen MR) is 167 cm³/mol. The molecule has 4 aliphatic rings. The fourth-order valence-corrected chi connectivity index (χ4v) is 8.98. The second kappa shape index (κ2) is 10.8. The first-order valence-corrected chi connectivity index (χ1v) is 16.2. The minimum atomic E-state index is -0.933. The largest absolute Gasteiger partial charge is 0.475 e. The highest BCUT2D eigenvalue weighted by Crippen LogP contribution is 2.51. The van der Waals surface area contributed by atoms with Crippen LogP contribution in [0.4, 0.5) is 23.9 Å². The molecule has 0 saturated carbocycles. The third kappa shape index (κ3) is 4.40. The molecule has 4 aromatic rings. The van der Waals surface area contributed by atoms with Crippen molar-refractivity contribution in [2.24, 2.45) is 0 Å². The van der Waals surface area contributed by atoms with Crippen LogP contribution in [0.3, 0.4) is 0 Å². The van der Waals surface area contributed by atoms with E-state index in [-0.39, 0.29) is 73.5 Å². The molecule has 2 aromatic carbocycles. The first kappa shape index (κ1) is 28.9. The van der Waals surface area contributed by atoms with Crippen molar-refractivity contribution in [1.29, 1.82) is 5.26 Å². The number of halogens is 4. The van der Waals surface area contributed by atoms with Crippen molar-refractivity contribution in [3.05, 3.63) is 34.4 Å². The van der Waals surface area contributed by atoms with Crippen molar-refractivity contribution >= 4 is 54.6 Å². The molecule has 1 unspecified atom stereocenters. The minimum Gasteiger partial charge on any atom is -0.475 e. The lowest BCUT2D eigenvalue weighted by molar-refractivity contribution is 0.107. The number of nitrogens with two attached hydrogens (primary N) is 1. The van der Waals surface area contributed by atoms with Gasteiger partial charge in [0.2, 0.25) is 5.88 Å². The summed E-state index contributed by atoms with van der Waals surface area (Å²) in [6.45, 7) is 3.57. The Morgan fingerprint density at radius 2 is 2.11 bits per heavy atom. The van der Waals surface area contributed by atoms with Crippen LogP contribution >= 0.6 is 22.9 Å². The Kier molecular flexibility index (Phi) is 6.90. The molecule has 2 aromatic heterocycles. The molecule has 3 N–H and O–H groups in total. The second-order valence-corrected chi connectivity index (χ2v) is 13.6. The molecule has 14 heteroatoms. The number of rotatable bonds is 4. The zero-order valence-electron chi connectivity index (χ0n) is 24.1. The van der Waals surface area contributed by atoms with E-state index in [2.05, 4.69) is 31.2 Å². The van der Waals surface area contributed by atoms with Crippen molar-refractivity contribution in [2.75, 3.05) is 56.6 Å². The Hall–Kier alpha value is -3.57. The van der Waals surface area contributed by atoms with E-state index in [9.17, 15) is 14.0 Å². The van der Waals surface area contributed by atoms with Crippen molar-refractivity contribution in [2.45, 2.75) is 43.4 Å². The fraction of sp³-hybridized carbons (Fsp3) is 0.452. The van der Waals surface area contributed by atoms with E-state index in [0.717, 1.165) is 43.7 Å². The third-order valence-corrected chi connectivity index (χ3v) is 11.1. The molecule has 0 amide bonds. The minimum absolute atomic E-state index is 0.0245. The van der Waals surface area contributed by atoms with Crippen LogP contribution in [0.5, 0.6) is 11.9 Å². The van der Waals surface area contributed by atoms with E-state index in [0.29, 0.717) is 37.1 Å². The van der Waals surface area contributed by atoms with Gasteiger partial charge in [0.25, 0.3) is 0 Å². The van der Waals surface area contributed by atoms with Gasteiger partial charge in [0.1, 0.15) is 41.8 Å². The molecule has 0 radical (unpaired) electrons. The predicted octanol–water partition coefficient (Wildman–Crippen LogP) is 5.41. The molecule has 0 spiro atoms. The summed E-state index contributed by atoms with van der Waals surface area (Å²) in [5.74, 6) is -1.21. The molecule has 3 fully saturated rings. The number of nitriles is 1. The topological polar surface area (TPSA) is 113 Å². The summed E-state index contributed by atoms with van der Waals surface area (Å²) in [4.78, 5) is 13.4. The zero-order chi connectivity index (χ0) is 31.0. The maximum absolute atomic E-state index is 17.1. The highest BCUT2D eigenvalue weighted by atomic mass is 35.5. The molecule has 234 valence electrons. The first-order chi connectivity index (χ1) is 21.8. The average Bonchev–Trinajstić information content (AvgIpc) is 3.55. The number of nitrogens with one attached hydrogen (secondary N) is 1. The van der Waals surface area contributed by atoms with Crippen molar-refractivity contribution < 1.29 is 22.6 Å². The second-order valence-electron chi connectivity index (χ2n) is 12.2. The zero-order valence-corrected chi connectivity index (χ0v) is 25.7. The van der Waals surface area contributed by atoms with Crippen LogP contribution in [-0.4, -0.2) is 78.6 Å². The standard InChI is InChI=1S/C31H29ClF3N7O2S/c32-23-21(17-2-3-19(34)27-20(17)18(11-36)28(37)45-27)24(35)25-22-26(23)42-9-7-38-6-4-16(42)13-43-29(22)40-30(39-25)44-14-31-5-1-8-41(31)12-15(33)10-31/h2-3,15-16,38H,1,4-10,12-14,37H2/t15-,16?,31+/m1/s1. The maximum Gasteiger partial charge on any atom is 0.320 e. The number of thiophene rings is 1. The van der Waals surface area contributed by atoms with Crippen molar-refractivity contribution in [1.82, 2.24) is 20.2 Å². The van der Waals surface area contributed by atoms with Crippen LogP contribution in [0.1, 0.15) is 31.2 Å². The number of hydrogen-bond donors (Lipinski definition) is 2. The highest BCUT2D eigenvalue weighted by molar-refractivity contribution is 7.23. The molecule has 0 aliphatic carbocycles. The molecule has 3 atom stereocenters. The van der Waals surface area contributed by atoms with E-state index in [1.807, 2.05) is 0 Å². The SMILES string of the molecule is N#Cc1c(N)sc2c(F)ccc(-c3c(Cl)c4c5c(nc(OC[C@@]67CCCN6C[C@H](F)C7)nc5c3F)OCC3CCNCCN43)c12. The van der Waals surface area contributed by atoms with Crippen molar-refractivity contribution in [3.63, 3.8) is 0 Å². The van der Waals surface area contributed by atoms with Crippen molar-refractivity contribution in [3.8, 4) is 29.1 Å². The van der Waals surface area contributed by atoms with Gasteiger partial charge >= 0.3 is 6.01 Å². The number of hydrogen-bond acceptors (Lipinski definition) is 10. The molecule has 4 aliphatic heterocycles. The van der Waals surface area contributed by atoms with E-state index < -0.39 is 23.3 Å². The summed E-state index contributed by atoms with van der Waals surface area (Å²) in [6.07, 6.45) is 1.89. The monoisotopic (exact) mass is 655 g/mol. The smallest absolute Gasteiger partial charge is 0.320 e. The molecular formula is C31H29ClF3N7O2S. The van der Waals surface area contributed by atoms with Gasteiger partial charge in [-0.1, -0.05) is 17.7 Å². The van der Waals surface area contributed by atoms with Crippen LogP contribution < -0.4 is 25.4 Å². The van der Waals surface area contributed by atoms with Crippen LogP contribution in [0, 0.1) is 23.0 Å². The van der Waals surface area contributed by atoms with Gasteiger partial charge in [-0.25, -0.2) is 13.2 Å². The Morgan fingerprint density at radius 1 is 1.24 bits per heavy atom. The Morgan fingerprint density at radius 3 is 2.96 bits per heavy atom. The number of nitrogen functional groups attached to an aromatic ring is 1. The summed E-state index contributed by atoms with van der Waals surface area (Å²) >= 11 is 8.12. The van der Waals surface area contributed by atoms with Gasteiger partial charge in [-0.15, -0.1) is 11.3 Å². The highest BCUT2D eigenvalue weighted by Gasteiger charge is 2.49. The summed E-state index contributed by atoms with van der Waals surface area (Å²) in [6, 6.07) is 4.51. The molecule has 3 saturated heterocycles. The number of ether oxygens (including phenoxy) is 2. The van der Waals surface area contributed by atoms with Gasteiger partial charge in [-0.3, -0.25) is 4.90 Å². The summed E-state index contributed by atoms with van der Waals surface area (Å²) < 4.78 is 59.0. The lowest BCUT2D eigenvalue weighted by Gasteiger charge is -2.31. The molecule has 6 heterocycles. The van der Waals surface area contributed by atoms with E-state index in [4.69, 9.17) is 26.8 Å². The number of fused-ring (bicyclic) bond motifs is 4. The first-order valence-electron chi connectivity index (χ1n) is 15.1. The summed E-state index contributed by atoms with van der Waals surface area (Å²) in [5, 5.41) is 14.1. The van der Waals surface area contributed by atoms with Crippen LogP contribution in [-0.2, 0) is 0 Å². The molecule has 9 nitrogen and oxygen atoms in total.